The number of hydrogen-bond donors (Lipinski definition) is 1. The number of carboxylic acids is 1. The van der Waals surface area contributed by atoms with Gasteiger partial charge in [-0.1, -0.05) is 17.7 Å². The number of aromatic nitrogens is 1. The van der Waals surface area contributed by atoms with E-state index >= 15 is 0 Å². The van der Waals surface area contributed by atoms with Crippen LogP contribution in [0.3, 0.4) is 0 Å². The van der Waals surface area contributed by atoms with Gasteiger partial charge in [-0.15, -0.1) is 0 Å². The number of amides is 1. The van der Waals surface area contributed by atoms with Gasteiger partial charge >= 0.3 is 5.97 Å². The van der Waals surface area contributed by atoms with Crippen LogP contribution in [0, 0.1) is 0 Å². The Hall–Kier alpha value is -2.40. The minimum absolute atomic E-state index is 0.160. The fourth-order valence-corrected chi connectivity index (χ4v) is 2.54. The van der Waals surface area contributed by atoms with Crippen LogP contribution in [-0.2, 0) is 6.42 Å². The lowest BCUT2D eigenvalue weighted by atomic mass is 10.1. The molecule has 106 valence electrons. The maximum Gasteiger partial charge on any atom is 0.335 e. The molecule has 5 nitrogen and oxygen atoms in total. The van der Waals surface area contributed by atoms with Gasteiger partial charge in [-0.2, -0.15) is 0 Å². The molecule has 2 heterocycles. The minimum Gasteiger partial charge on any atom is -0.478 e. The Morgan fingerprint density at radius 2 is 2.05 bits per heavy atom. The van der Waals surface area contributed by atoms with Crippen LogP contribution in [0.15, 0.2) is 36.5 Å². The van der Waals surface area contributed by atoms with Gasteiger partial charge in [0.2, 0.25) is 0 Å². The molecule has 0 radical (unpaired) electrons. The van der Waals surface area contributed by atoms with Crippen molar-refractivity contribution >= 4 is 29.2 Å². The molecule has 1 aromatic heterocycles. The first-order chi connectivity index (χ1) is 10.1. The summed E-state index contributed by atoms with van der Waals surface area (Å²) in [5.41, 5.74) is 1.99. The van der Waals surface area contributed by atoms with Crippen molar-refractivity contribution in [2.75, 3.05) is 11.4 Å². The van der Waals surface area contributed by atoms with Crippen molar-refractivity contribution in [3.8, 4) is 0 Å². The number of carbonyl (C=O) groups excluding carboxylic acids is 1. The van der Waals surface area contributed by atoms with Crippen LogP contribution in [0.25, 0.3) is 0 Å². The van der Waals surface area contributed by atoms with Gasteiger partial charge < -0.3 is 10.0 Å². The third-order valence-electron chi connectivity index (χ3n) is 3.41. The predicted molar refractivity (Wildman–Crippen MR) is 78.0 cm³/mol. The molecule has 0 unspecified atom stereocenters. The highest BCUT2D eigenvalue weighted by Crippen LogP contribution is 2.30. The Labute approximate surface area is 125 Å². The molecule has 2 aromatic rings. The summed E-state index contributed by atoms with van der Waals surface area (Å²) in [4.78, 5) is 29.1. The van der Waals surface area contributed by atoms with Gasteiger partial charge in [0, 0.05) is 23.5 Å². The second-order valence-electron chi connectivity index (χ2n) is 4.71. The Morgan fingerprint density at radius 3 is 2.76 bits per heavy atom. The molecule has 1 N–H and O–H groups in total. The number of anilines is 1. The monoisotopic (exact) mass is 302 g/mol. The van der Waals surface area contributed by atoms with Gasteiger partial charge in [0.1, 0.15) is 5.69 Å². The zero-order chi connectivity index (χ0) is 15.0. The molecular weight excluding hydrogens is 292 g/mol. The number of hydrogen-bond acceptors (Lipinski definition) is 3. The average molecular weight is 303 g/mol. The molecule has 1 aliphatic heterocycles. The summed E-state index contributed by atoms with van der Waals surface area (Å²) >= 11 is 5.87. The van der Waals surface area contributed by atoms with E-state index in [1.54, 1.807) is 23.1 Å². The van der Waals surface area contributed by atoms with Crippen molar-refractivity contribution in [3.63, 3.8) is 0 Å². The molecule has 6 heteroatoms. The molecule has 3 rings (SSSR count). The Balaban J connectivity index is 1.98. The number of fused-ring (bicyclic) bond motifs is 1. The maximum atomic E-state index is 12.5. The van der Waals surface area contributed by atoms with E-state index in [4.69, 9.17) is 16.7 Å². The van der Waals surface area contributed by atoms with Crippen molar-refractivity contribution in [2.24, 2.45) is 0 Å². The SMILES string of the molecule is O=C(O)c1ccc2c(c1)N(C(=O)c1cc(Cl)ccn1)CC2. The predicted octanol–water partition coefficient (Wildman–Crippen LogP) is 2.64. The van der Waals surface area contributed by atoms with Crippen LogP contribution in [0.2, 0.25) is 5.02 Å². The van der Waals surface area contributed by atoms with E-state index in [9.17, 15) is 9.59 Å². The first kappa shape index (κ1) is 13.6. The third-order valence-corrected chi connectivity index (χ3v) is 3.65. The molecule has 0 atom stereocenters. The first-order valence-corrected chi connectivity index (χ1v) is 6.73. The van der Waals surface area contributed by atoms with Crippen molar-refractivity contribution in [1.29, 1.82) is 0 Å². The van der Waals surface area contributed by atoms with E-state index in [2.05, 4.69) is 4.98 Å². The number of carboxylic acid groups (broad SMARTS) is 1. The highest BCUT2D eigenvalue weighted by Gasteiger charge is 2.27. The summed E-state index contributed by atoms with van der Waals surface area (Å²) in [6.45, 7) is 0.505. The molecule has 0 saturated carbocycles. The van der Waals surface area contributed by atoms with Crippen molar-refractivity contribution in [1.82, 2.24) is 4.98 Å². The van der Waals surface area contributed by atoms with E-state index in [-0.39, 0.29) is 17.2 Å². The van der Waals surface area contributed by atoms with Gasteiger partial charge in [-0.3, -0.25) is 9.78 Å². The number of pyridine rings is 1. The molecular formula is C15H11ClN2O3. The molecule has 1 amide bonds. The standard InChI is InChI=1S/C15H11ClN2O3/c16-11-3-5-17-12(8-11)14(19)18-6-4-9-1-2-10(15(20)21)7-13(9)18/h1-3,5,7-8H,4,6H2,(H,20,21). The third kappa shape index (κ3) is 2.48. The summed E-state index contributed by atoms with van der Waals surface area (Å²) in [7, 11) is 0. The second-order valence-corrected chi connectivity index (χ2v) is 5.15. The topological polar surface area (TPSA) is 70.5 Å². The van der Waals surface area contributed by atoms with Crippen LogP contribution in [0.4, 0.5) is 5.69 Å². The largest absolute Gasteiger partial charge is 0.478 e. The summed E-state index contributed by atoms with van der Waals surface area (Å²) in [6.07, 6.45) is 2.17. The lowest BCUT2D eigenvalue weighted by molar-refractivity contribution is 0.0696. The molecule has 0 fully saturated rings. The van der Waals surface area contributed by atoms with Gasteiger partial charge in [-0.25, -0.2) is 4.79 Å². The lowest BCUT2D eigenvalue weighted by Crippen LogP contribution is -2.29. The molecule has 0 aliphatic carbocycles. The Morgan fingerprint density at radius 1 is 1.24 bits per heavy atom. The van der Waals surface area contributed by atoms with E-state index in [1.165, 1.54) is 18.3 Å². The highest BCUT2D eigenvalue weighted by atomic mass is 35.5. The van der Waals surface area contributed by atoms with Crippen LogP contribution >= 0.6 is 11.6 Å². The normalized spacial score (nSPS) is 13.1. The van der Waals surface area contributed by atoms with Gasteiger partial charge in [0.15, 0.2) is 0 Å². The smallest absolute Gasteiger partial charge is 0.335 e. The van der Waals surface area contributed by atoms with Crippen LogP contribution in [0.1, 0.15) is 26.4 Å². The maximum absolute atomic E-state index is 12.5. The minimum atomic E-state index is -1.02. The average Bonchev–Trinajstić information content (AvgIpc) is 2.89. The number of nitrogens with zero attached hydrogens (tertiary/aromatic N) is 2. The summed E-state index contributed by atoms with van der Waals surface area (Å²) in [5, 5.41) is 9.50. The first-order valence-electron chi connectivity index (χ1n) is 6.36. The van der Waals surface area contributed by atoms with E-state index in [1.807, 2.05) is 0 Å². The van der Waals surface area contributed by atoms with Gasteiger partial charge in [0.05, 0.1) is 5.56 Å². The van der Waals surface area contributed by atoms with Crippen molar-refractivity contribution in [3.05, 3.63) is 58.4 Å². The Kier molecular flexibility index (Phi) is 3.35. The van der Waals surface area contributed by atoms with Crippen molar-refractivity contribution in [2.45, 2.75) is 6.42 Å². The van der Waals surface area contributed by atoms with Crippen LogP contribution in [0.5, 0.6) is 0 Å². The number of carbonyl (C=O) groups is 2. The number of rotatable bonds is 2. The van der Waals surface area contributed by atoms with E-state index in [0.29, 0.717) is 23.7 Å². The molecule has 1 aliphatic rings. The quantitative estimate of drug-likeness (QED) is 0.926. The van der Waals surface area contributed by atoms with Crippen molar-refractivity contribution < 1.29 is 14.7 Å². The van der Waals surface area contributed by atoms with E-state index in [0.717, 1.165) is 5.56 Å². The summed E-state index contributed by atoms with van der Waals surface area (Å²) in [5.74, 6) is -1.29. The van der Waals surface area contributed by atoms with Crippen LogP contribution in [-0.4, -0.2) is 28.5 Å². The van der Waals surface area contributed by atoms with Crippen LogP contribution < -0.4 is 4.90 Å². The zero-order valence-corrected chi connectivity index (χ0v) is 11.7. The van der Waals surface area contributed by atoms with Gasteiger partial charge in [0.25, 0.3) is 5.91 Å². The summed E-state index contributed by atoms with van der Waals surface area (Å²) < 4.78 is 0. The lowest BCUT2D eigenvalue weighted by Gasteiger charge is -2.17. The fourth-order valence-electron chi connectivity index (χ4n) is 2.38. The Bertz CT molecular complexity index is 745. The molecule has 0 bridgehead atoms. The fraction of sp³-hybridized carbons (Fsp3) is 0.133. The van der Waals surface area contributed by atoms with E-state index < -0.39 is 5.97 Å². The van der Waals surface area contributed by atoms with Gasteiger partial charge in [-0.05, 0) is 36.2 Å². The molecule has 0 spiro atoms. The number of benzene rings is 1. The molecule has 0 saturated heterocycles. The number of halogens is 1. The zero-order valence-electron chi connectivity index (χ0n) is 10.9. The molecule has 1 aromatic carbocycles. The number of aromatic carboxylic acids is 1. The highest BCUT2D eigenvalue weighted by molar-refractivity contribution is 6.31. The summed E-state index contributed by atoms with van der Waals surface area (Å²) in [6, 6.07) is 7.92. The second kappa shape index (κ2) is 5.18. The molecule has 21 heavy (non-hydrogen) atoms.